The maximum atomic E-state index is 12.8. The van der Waals surface area contributed by atoms with Gasteiger partial charge in [0.05, 0.1) is 17.9 Å². The number of hydrogen-bond acceptors (Lipinski definition) is 6. The third-order valence-electron chi connectivity index (χ3n) is 4.69. The van der Waals surface area contributed by atoms with Crippen molar-refractivity contribution in [2.24, 2.45) is 5.92 Å². The van der Waals surface area contributed by atoms with E-state index in [1.54, 1.807) is 37.3 Å². The molecule has 0 bridgehead atoms. The summed E-state index contributed by atoms with van der Waals surface area (Å²) in [5.74, 6) is 0.302. The molecule has 1 aliphatic heterocycles. The molecule has 1 aromatic carbocycles. The lowest BCUT2D eigenvalue weighted by Crippen LogP contribution is -2.36. The number of amides is 1. The van der Waals surface area contributed by atoms with E-state index in [1.807, 2.05) is 6.92 Å². The third-order valence-corrected chi connectivity index (χ3v) is 4.69. The summed E-state index contributed by atoms with van der Waals surface area (Å²) in [6, 6.07) is 8.43. The first-order valence-corrected chi connectivity index (χ1v) is 9.66. The Morgan fingerprint density at radius 1 is 1.29 bits per heavy atom. The van der Waals surface area contributed by atoms with Crippen molar-refractivity contribution < 1.29 is 14.3 Å². The SMILES string of the molecule is CCOC(=O)c1ccccc1NC(=O)c1cc(C)nc(N2CCCC(C)C2)n1. The van der Waals surface area contributed by atoms with Crippen LogP contribution in [0.2, 0.25) is 0 Å². The molecule has 1 atom stereocenters. The number of benzene rings is 1. The lowest BCUT2D eigenvalue weighted by atomic mass is 10.0. The fourth-order valence-electron chi connectivity index (χ4n) is 3.35. The molecule has 2 heterocycles. The molecule has 1 fully saturated rings. The maximum Gasteiger partial charge on any atom is 0.340 e. The van der Waals surface area contributed by atoms with Gasteiger partial charge in [0.1, 0.15) is 5.69 Å². The molecule has 0 aliphatic carbocycles. The van der Waals surface area contributed by atoms with E-state index in [9.17, 15) is 9.59 Å². The van der Waals surface area contributed by atoms with E-state index in [1.165, 1.54) is 6.42 Å². The quantitative estimate of drug-likeness (QED) is 0.798. The van der Waals surface area contributed by atoms with Gasteiger partial charge < -0.3 is 15.0 Å². The molecule has 0 spiro atoms. The smallest absolute Gasteiger partial charge is 0.340 e. The molecule has 7 heteroatoms. The van der Waals surface area contributed by atoms with Crippen molar-refractivity contribution in [1.29, 1.82) is 0 Å². The number of nitrogens with one attached hydrogen (secondary N) is 1. The number of aryl methyl sites for hydroxylation is 1. The summed E-state index contributed by atoms with van der Waals surface area (Å²) in [5, 5.41) is 2.78. The van der Waals surface area contributed by atoms with Gasteiger partial charge in [-0.05, 0) is 50.8 Å². The maximum absolute atomic E-state index is 12.8. The van der Waals surface area contributed by atoms with Gasteiger partial charge in [-0.1, -0.05) is 19.1 Å². The van der Waals surface area contributed by atoms with E-state index in [0.717, 1.165) is 25.2 Å². The molecule has 3 rings (SSSR count). The Morgan fingerprint density at radius 3 is 2.82 bits per heavy atom. The van der Waals surface area contributed by atoms with Crippen molar-refractivity contribution in [1.82, 2.24) is 9.97 Å². The normalized spacial score (nSPS) is 16.5. The number of rotatable bonds is 5. The highest BCUT2D eigenvalue weighted by atomic mass is 16.5. The van der Waals surface area contributed by atoms with Crippen LogP contribution in [0.15, 0.2) is 30.3 Å². The van der Waals surface area contributed by atoms with Crippen molar-refractivity contribution in [3.8, 4) is 0 Å². The number of carbonyl (C=O) groups is 2. The van der Waals surface area contributed by atoms with Gasteiger partial charge >= 0.3 is 5.97 Å². The molecule has 148 valence electrons. The van der Waals surface area contributed by atoms with Crippen LogP contribution in [0.3, 0.4) is 0 Å². The van der Waals surface area contributed by atoms with Crippen LogP contribution in [0.25, 0.3) is 0 Å². The standard InChI is InChI=1S/C21H26N4O3/c1-4-28-20(27)16-9-5-6-10-17(16)23-19(26)18-12-15(3)22-21(24-18)25-11-7-8-14(2)13-25/h5-6,9-10,12,14H,4,7-8,11,13H2,1-3H3,(H,23,26). The second-order valence-electron chi connectivity index (χ2n) is 7.11. The van der Waals surface area contributed by atoms with Gasteiger partial charge in [-0.15, -0.1) is 0 Å². The number of esters is 1. The average molecular weight is 382 g/mol. The number of para-hydroxylation sites is 1. The number of carbonyl (C=O) groups excluding carboxylic acids is 2. The number of anilines is 2. The number of piperidine rings is 1. The molecule has 28 heavy (non-hydrogen) atoms. The van der Waals surface area contributed by atoms with Gasteiger partial charge in [0, 0.05) is 18.8 Å². The lowest BCUT2D eigenvalue weighted by molar-refractivity contribution is 0.0527. The summed E-state index contributed by atoms with van der Waals surface area (Å²) >= 11 is 0. The average Bonchev–Trinajstić information content (AvgIpc) is 2.68. The second kappa shape index (κ2) is 8.82. The van der Waals surface area contributed by atoms with Crippen LogP contribution in [0.4, 0.5) is 11.6 Å². The summed E-state index contributed by atoms with van der Waals surface area (Å²) in [5.41, 5.74) is 1.72. The predicted molar refractivity (Wildman–Crippen MR) is 108 cm³/mol. The molecular weight excluding hydrogens is 356 g/mol. The minimum atomic E-state index is -0.472. The first-order chi connectivity index (χ1) is 13.5. The van der Waals surface area contributed by atoms with Crippen molar-refractivity contribution in [3.05, 3.63) is 47.3 Å². The van der Waals surface area contributed by atoms with E-state index < -0.39 is 5.97 Å². The zero-order chi connectivity index (χ0) is 20.1. The van der Waals surface area contributed by atoms with E-state index >= 15 is 0 Å². The summed E-state index contributed by atoms with van der Waals surface area (Å²) in [4.78, 5) is 36.1. The van der Waals surface area contributed by atoms with Crippen molar-refractivity contribution in [2.45, 2.75) is 33.6 Å². The Morgan fingerprint density at radius 2 is 2.07 bits per heavy atom. The van der Waals surface area contributed by atoms with Gasteiger partial charge in [-0.2, -0.15) is 0 Å². The van der Waals surface area contributed by atoms with Gasteiger partial charge in [0.25, 0.3) is 5.91 Å². The molecule has 0 saturated carbocycles. The topological polar surface area (TPSA) is 84.4 Å². The molecule has 1 amide bonds. The van der Waals surface area contributed by atoms with Crippen LogP contribution in [0.1, 0.15) is 53.2 Å². The molecule has 1 aliphatic rings. The van der Waals surface area contributed by atoms with E-state index in [-0.39, 0.29) is 18.2 Å². The monoisotopic (exact) mass is 382 g/mol. The molecule has 1 N–H and O–H groups in total. The van der Waals surface area contributed by atoms with Crippen molar-refractivity contribution >= 4 is 23.5 Å². The van der Waals surface area contributed by atoms with Crippen LogP contribution in [0.5, 0.6) is 0 Å². The highest BCUT2D eigenvalue weighted by Crippen LogP contribution is 2.21. The van der Waals surface area contributed by atoms with E-state index in [2.05, 4.69) is 27.1 Å². The minimum Gasteiger partial charge on any atom is -0.462 e. The Labute approximate surface area is 165 Å². The first kappa shape index (κ1) is 19.8. The van der Waals surface area contributed by atoms with Crippen LogP contribution in [-0.2, 0) is 4.74 Å². The fourth-order valence-corrected chi connectivity index (χ4v) is 3.35. The Hall–Kier alpha value is -2.96. The van der Waals surface area contributed by atoms with E-state index in [4.69, 9.17) is 4.74 Å². The molecule has 2 aromatic rings. The number of nitrogens with zero attached hydrogens (tertiary/aromatic N) is 3. The van der Waals surface area contributed by atoms with Gasteiger partial charge in [0.15, 0.2) is 0 Å². The summed E-state index contributed by atoms with van der Waals surface area (Å²) in [7, 11) is 0. The molecule has 7 nitrogen and oxygen atoms in total. The summed E-state index contributed by atoms with van der Waals surface area (Å²) in [6.07, 6.45) is 2.28. The van der Waals surface area contributed by atoms with Crippen molar-refractivity contribution in [3.63, 3.8) is 0 Å². The van der Waals surface area contributed by atoms with Gasteiger partial charge in [0.2, 0.25) is 5.95 Å². The molecule has 1 aromatic heterocycles. The van der Waals surface area contributed by atoms with E-state index in [0.29, 0.717) is 23.1 Å². The largest absolute Gasteiger partial charge is 0.462 e. The molecule has 0 radical (unpaired) electrons. The number of aromatic nitrogens is 2. The Balaban J connectivity index is 1.83. The summed E-state index contributed by atoms with van der Waals surface area (Å²) in [6.45, 7) is 7.84. The lowest BCUT2D eigenvalue weighted by Gasteiger charge is -2.31. The van der Waals surface area contributed by atoms with Crippen LogP contribution in [-0.4, -0.2) is 41.5 Å². The molecular formula is C21H26N4O3. The van der Waals surface area contributed by atoms with Gasteiger partial charge in [-0.25, -0.2) is 14.8 Å². The highest BCUT2D eigenvalue weighted by molar-refractivity contribution is 6.07. The predicted octanol–water partition coefficient (Wildman–Crippen LogP) is 3.45. The molecule has 1 saturated heterocycles. The van der Waals surface area contributed by atoms with Crippen LogP contribution < -0.4 is 10.2 Å². The van der Waals surface area contributed by atoms with Crippen LogP contribution in [0, 0.1) is 12.8 Å². The van der Waals surface area contributed by atoms with Crippen LogP contribution >= 0.6 is 0 Å². The highest BCUT2D eigenvalue weighted by Gasteiger charge is 2.21. The minimum absolute atomic E-state index is 0.268. The van der Waals surface area contributed by atoms with Crippen molar-refractivity contribution in [2.75, 3.05) is 29.9 Å². The zero-order valence-corrected chi connectivity index (χ0v) is 16.6. The Bertz CT molecular complexity index is 868. The third kappa shape index (κ3) is 4.65. The fraction of sp³-hybridized carbons (Fsp3) is 0.429. The second-order valence-corrected chi connectivity index (χ2v) is 7.11. The number of hydrogen-bond donors (Lipinski definition) is 1. The summed E-state index contributed by atoms with van der Waals surface area (Å²) < 4.78 is 5.06. The molecule has 1 unspecified atom stereocenters. The zero-order valence-electron chi connectivity index (χ0n) is 16.6. The number of ether oxygens (including phenoxy) is 1. The first-order valence-electron chi connectivity index (χ1n) is 9.66. The van der Waals surface area contributed by atoms with Gasteiger partial charge in [-0.3, -0.25) is 4.79 Å². The Kier molecular flexibility index (Phi) is 6.23.